The number of anilines is 1. The third kappa shape index (κ3) is 6.39. The Bertz CT molecular complexity index is 2200. The van der Waals surface area contributed by atoms with Gasteiger partial charge >= 0.3 is 0 Å². The fourth-order valence-corrected chi connectivity index (χ4v) is 6.50. The predicted octanol–water partition coefficient (Wildman–Crippen LogP) is 3.36. The van der Waals surface area contributed by atoms with Crippen LogP contribution >= 0.6 is 11.6 Å². The molecule has 2 heterocycles. The molecule has 5 aromatic rings. The lowest BCUT2D eigenvalue weighted by molar-refractivity contribution is 0.572. The molecule has 5 rings (SSSR count). The molecule has 0 saturated carbocycles. The number of sulfonamides is 1. The Morgan fingerprint density at radius 2 is 1.67 bits per heavy atom. The second kappa shape index (κ2) is 11.0. The fraction of sp³-hybridized carbons (Fsp3) is 0.222. The van der Waals surface area contributed by atoms with Crippen molar-refractivity contribution in [3.8, 4) is 5.69 Å². The van der Waals surface area contributed by atoms with Crippen LogP contribution in [0.4, 0.5) is 14.6 Å². The van der Waals surface area contributed by atoms with Gasteiger partial charge < -0.3 is 5.73 Å². The molecule has 0 bridgehead atoms. The molecule has 0 spiro atoms. The third-order valence-corrected chi connectivity index (χ3v) is 8.27. The van der Waals surface area contributed by atoms with Crippen LogP contribution in [-0.2, 0) is 39.1 Å². The largest absolute Gasteiger partial charge is 0.321 e. The lowest BCUT2D eigenvalue weighted by Crippen LogP contribution is -2.30. The minimum Gasteiger partial charge on any atom is -0.321 e. The van der Waals surface area contributed by atoms with E-state index in [1.807, 2.05) is 0 Å². The summed E-state index contributed by atoms with van der Waals surface area (Å²) in [6.07, 6.45) is 1.90. The molecule has 1 atom stereocenters. The van der Waals surface area contributed by atoms with Crippen LogP contribution in [0.5, 0.6) is 0 Å². The first-order valence-corrected chi connectivity index (χ1v) is 16.9. The normalized spacial score (nSPS) is 13.1. The number of fused-ring (bicyclic) bond motifs is 2. The number of hydrogen-bond acceptors (Lipinski definition) is 8. The first-order chi connectivity index (χ1) is 20.0. The number of sulfone groups is 1. The summed E-state index contributed by atoms with van der Waals surface area (Å²) >= 11 is 6.47. The minimum absolute atomic E-state index is 0.0129. The number of hydrogen-bond donors (Lipinski definition) is 2. The lowest BCUT2D eigenvalue weighted by Gasteiger charge is -2.20. The standard InChI is InChI=1S/C27H25ClF2N6O5S2/c1-35-24-22(7-6-19(28)23(24)25(33-35)34-43(3,40)41)36-26(20(31)10-15-8-16(29)12-17(30)9-15)32-21-11-14(13-42(2,38)39)4-5-18(21)27(36)37/h4-9,11-12,20H,10,13,31H2,1-3H3,(H,33,34)/t20-/m0/s1. The van der Waals surface area contributed by atoms with Gasteiger partial charge in [0, 0.05) is 19.4 Å². The summed E-state index contributed by atoms with van der Waals surface area (Å²) in [6, 6.07) is 9.24. The van der Waals surface area contributed by atoms with Gasteiger partial charge in [0.15, 0.2) is 15.7 Å². The van der Waals surface area contributed by atoms with Crippen LogP contribution in [0.2, 0.25) is 5.02 Å². The topological polar surface area (TPSA) is 159 Å². The Labute approximate surface area is 249 Å². The zero-order chi connectivity index (χ0) is 31.4. The van der Waals surface area contributed by atoms with Crippen molar-refractivity contribution in [2.24, 2.45) is 12.8 Å². The van der Waals surface area contributed by atoms with Crippen molar-refractivity contribution < 1.29 is 25.6 Å². The molecule has 43 heavy (non-hydrogen) atoms. The maximum atomic E-state index is 14.1. The van der Waals surface area contributed by atoms with Crippen molar-refractivity contribution in [1.82, 2.24) is 19.3 Å². The summed E-state index contributed by atoms with van der Waals surface area (Å²) in [5.74, 6) is -1.99. The number of halogens is 3. The monoisotopic (exact) mass is 650 g/mol. The smallest absolute Gasteiger partial charge is 0.266 e. The molecule has 0 radical (unpaired) electrons. The van der Waals surface area contributed by atoms with Crippen LogP contribution in [0.15, 0.2) is 53.3 Å². The van der Waals surface area contributed by atoms with Gasteiger partial charge in [-0.1, -0.05) is 17.7 Å². The molecule has 0 saturated heterocycles. The van der Waals surface area contributed by atoms with Crippen molar-refractivity contribution in [2.45, 2.75) is 18.2 Å². The van der Waals surface area contributed by atoms with E-state index in [-0.39, 0.29) is 61.9 Å². The summed E-state index contributed by atoms with van der Waals surface area (Å²) in [7, 11) is -5.63. The number of nitrogens with two attached hydrogens (primary N) is 1. The highest BCUT2D eigenvalue weighted by molar-refractivity contribution is 7.92. The van der Waals surface area contributed by atoms with E-state index >= 15 is 0 Å². The van der Waals surface area contributed by atoms with Gasteiger partial charge in [-0.2, -0.15) is 5.10 Å². The van der Waals surface area contributed by atoms with Crippen LogP contribution < -0.4 is 16.0 Å². The highest BCUT2D eigenvalue weighted by Crippen LogP contribution is 2.35. The van der Waals surface area contributed by atoms with Gasteiger partial charge in [0.2, 0.25) is 10.0 Å². The average molecular weight is 651 g/mol. The first-order valence-electron chi connectivity index (χ1n) is 12.6. The van der Waals surface area contributed by atoms with E-state index in [0.29, 0.717) is 5.56 Å². The van der Waals surface area contributed by atoms with Gasteiger partial charge in [-0.15, -0.1) is 0 Å². The molecular weight excluding hydrogens is 626 g/mol. The van der Waals surface area contributed by atoms with E-state index in [4.69, 9.17) is 17.3 Å². The number of nitrogens with zero attached hydrogens (tertiary/aromatic N) is 4. The minimum atomic E-state index is -3.76. The number of nitrogens with one attached hydrogen (secondary N) is 1. The highest BCUT2D eigenvalue weighted by Gasteiger charge is 2.25. The number of rotatable bonds is 8. The Kier molecular flexibility index (Phi) is 7.79. The average Bonchev–Trinajstić information content (AvgIpc) is 3.17. The Morgan fingerprint density at radius 1 is 1.00 bits per heavy atom. The quantitative estimate of drug-likeness (QED) is 0.259. The molecule has 0 aliphatic heterocycles. The predicted molar refractivity (Wildman–Crippen MR) is 161 cm³/mol. The van der Waals surface area contributed by atoms with Gasteiger partial charge in [0.05, 0.1) is 50.6 Å². The molecular formula is C27H25ClF2N6O5S2. The first kappa shape index (κ1) is 30.5. The molecule has 2 aromatic heterocycles. The summed E-state index contributed by atoms with van der Waals surface area (Å²) in [5, 5.41) is 4.73. The van der Waals surface area contributed by atoms with E-state index in [1.165, 1.54) is 46.6 Å². The molecule has 16 heteroatoms. The maximum Gasteiger partial charge on any atom is 0.266 e. The fourth-order valence-electron chi connectivity index (χ4n) is 4.98. The van der Waals surface area contributed by atoms with Gasteiger partial charge in [-0.25, -0.2) is 30.6 Å². The lowest BCUT2D eigenvalue weighted by atomic mass is 10.0. The van der Waals surface area contributed by atoms with E-state index in [2.05, 4.69) is 14.8 Å². The Morgan fingerprint density at radius 3 is 2.30 bits per heavy atom. The molecule has 3 aromatic carbocycles. The molecule has 0 amide bonds. The summed E-state index contributed by atoms with van der Waals surface area (Å²) in [5.41, 5.74) is 7.20. The molecule has 3 N–H and O–H groups in total. The van der Waals surface area contributed by atoms with E-state index in [0.717, 1.165) is 30.7 Å². The van der Waals surface area contributed by atoms with Crippen LogP contribution in [0.3, 0.4) is 0 Å². The van der Waals surface area contributed by atoms with Crippen LogP contribution in [0.1, 0.15) is 23.0 Å². The van der Waals surface area contributed by atoms with Crippen molar-refractivity contribution in [1.29, 1.82) is 0 Å². The molecule has 226 valence electrons. The molecule has 0 unspecified atom stereocenters. The summed E-state index contributed by atoms with van der Waals surface area (Å²) in [4.78, 5) is 18.8. The molecule has 0 aliphatic rings. The Balaban J connectivity index is 1.81. The SMILES string of the molecule is Cn1nc(NS(C)(=O)=O)c2c(Cl)ccc(-n3c([C@@H](N)Cc4cc(F)cc(F)c4)nc4cc(CS(C)(=O)=O)ccc4c3=O)c21. The number of benzene rings is 3. The zero-order valence-corrected chi connectivity index (χ0v) is 25.4. The zero-order valence-electron chi connectivity index (χ0n) is 23.0. The van der Waals surface area contributed by atoms with Crippen LogP contribution in [0, 0.1) is 11.6 Å². The molecule has 0 fully saturated rings. The van der Waals surface area contributed by atoms with Crippen LogP contribution in [0.25, 0.3) is 27.5 Å². The van der Waals surface area contributed by atoms with E-state index < -0.39 is 43.1 Å². The second-order valence-electron chi connectivity index (χ2n) is 10.3. The second-order valence-corrected chi connectivity index (χ2v) is 14.6. The highest BCUT2D eigenvalue weighted by atomic mass is 35.5. The van der Waals surface area contributed by atoms with Crippen LogP contribution in [-0.4, -0.2) is 48.7 Å². The van der Waals surface area contributed by atoms with Gasteiger partial charge in [0.25, 0.3) is 5.56 Å². The van der Waals surface area contributed by atoms with E-state index in [1.54, 1.807) is 0 Å². The van der Waals surface area contributed by atoms with Crippen molar-refractivity contribution in [3.05, 3.63) is 92.5 Å². The molecule has 0 aliphatic carbocycles. The van der Waals surface area contributed by atoms with Crippen molar-refractivity contribution in [3.63, 3.8) is 0 Å². The Hall–Kier alpha value is -3.92. The van der Waals surface area contributed by atoms with Gasteiger partial charge in [-0.05, 0) is 53.9 Å². The third-order valence-electron chi connectivity index (χ3n) is 6.54. The number of aryl methyl sites for hydroxylation is 1. The number of aromatic nitrogens is 4. The van der Waals surface area contributed by atoms with Crippen molar-refractivity contribution >= 4 is 59.1 Å². The van der Waals surface area contributed by atoms with E-state index in [9.17, 15) is 30.4 Å². The van der Waals surface area contributed by atoms with Crippen molar-refractivity contribution in [2.75, 3.05) is 17.2 Å². The summed E-state index contributed by atoms with van der Waals surface area (Å²) < 4.78 is 80.7. The van der Waals surface area contributed by atoms with Gasteiger partial charge in [-0.3, -0.25) is 18.8 Å². The summed E-state index contributed by atoms with van der Waals surface area (Å²) in [6.45, 7) is 0. The molecule has 11 nitrogen and oxygen atoms in total. The maximum absolute atomic E-state index is 14.1. The van der Waals surface area contributed by atoms with Gasteiger partial charge in [0.1, 0.15) is 17.5 Å².